The van der Waals surface area contributed by atoms with Crippen LogP contribution in [0.4, 0.5) is 4.79 Å². The van der Waals surface area contributed by atoms with Gasteiger partial charge in [0.15, 0.2) is 0 Å². The Hall–Kier alpha value is -3.80. The minimum Gasteiger partial charge on any atom is -0.488 e. The third kappa shape index (κ3) is 6.45. The number of amides is 1. The van der Waals surface area contributed by atoms with E-state index in [4.69, 9.17) is 9.47 Å². The number of hydrogen-bond donors (Lipinski definition) is 2. The molecule has 0 saturated heterocycles. The summed E-state index contributed by atoms with van der Waals surface area (Å²) in [6, 6.07) is 23.6. The van der Waals surface area contributed by atoms with E-state index in [9.17, 15) is 14.7 Å². The topological polar surface area (TPSA) is 84.9 Å². The monoisotopic (exact) mass is 487 g/mol. The molecule has 6 nitrogen and oxygen atoms in total. The summed E-state index contributed by atoms with van der Waals surface area (Å²) in [5.41, 5.74) is 5.31. The van der Waals surface area contributed by atoms with Crippen LogP contribution in [-0.2, 0) is 16.0 Å². The lowest BCUT2D eigenvalue weighted by atomic mass is 9.98. The molecule has 3 aromatic rings. The van der Waals surface area contributed by atoms with E-state index < -0.39 is 12.1 Å². The summed E-state index contributed by atoms with van der Waals surface area (Å²) in [5, 5.41) is 12.1. The van der Waals surface area contributed by atoms with Crippen molar-refractivity contribution >= 4 is 12.1 Å². The summed E-state index contributed by atoms with van der Waals surface area (Å²) in [5.74, 6) is -0.169. The molecule has 0 aromatic heterocycles. The second kappa shape index (κ2) is 10.9. The summed E-state index contributed by atoms with van der Waals surface area (Å²) in [6.07, 6.45) is 0.215. The first-order chi connectivity index (χ1) is 17.2. The Balaban J connectivity index is 1.39. The highest BCUT2D eigenvalue weighted by atomic mass is 16.5. The molecule has 0 unspecified atom stereocenters. The average Bonchev–Trinajstić information content (AvgIpc) is 3.15. The van der Waals surface area contributed by atoms with Crippen LogP contribution in [0, 0.1) is 0 Å². The molecular formula is C30H33NO5. The van der Waals surface area contributed by atoms with Gasteiger partial charge in [-0.1, -0.05) is 60.7 Å². The molecular weight excluding hydrogens is 454 g/mol. The second-order valence-corrected chi connectivity index (χ2v) is 10.2. The summed E-state index contributed by atoms with van der Waals surface area (Å²) in [4.78, 5) is 24.0. The van der Waals surface area contributed by atoms with Crippen molar-refractivity contribution < 1.29 is 24.2 Å². The average molecular weight is 488 g/mol. The zero-order valence-corrected chi connectivity index (χ0v) is 21.0. The fourth-order valence-electron chi connectivity index (χ4n) is 4.66. The highest BCUT2D eigenvalue weighted by Gasteiger charge is 2.29. The molecule has 0 saturated carbocycles. The minimum absolute atomic E-state index is 0.0315. The van der Waals surface area contributed by atoms with Crippen LogP contribution in [0.1, 0.15) is 56.2 Å². The maximum absolute atomic E-state index is 12.8. The zero-order valence-electron chi connectivity index (χ0n) is 21.0. The maximum atomic E-state index is 12.8. The Kier molecular flexibility index (Phi) is 7.63. The summed E-state index contributed by atoms with van der Waals surface area (Å²) in [7, 11) is 0. The quantitative estimate of drug-likeness (QED) is 0.377. The van der Waals surface area contributed by atoms with E-state index in [0.29, 0.717) is 12.8 Å². The molecule has 0 radical (unpaired) electrons. The van der Waals surface area contributed by atoms with E-state index in [0.717, 1.165) is 22.4 Å². The van der Waals surface area contributed by atoms with Crippen LogP contribution in [0.15, 0.2) is 72.8 Å². The Morgan fingerprint density at radius 1 is 0.917 bits per heavy atom. The number of hydrogen-bond acceptors (Lipinski definition) is 4. The van der Waals surface area contributed by atoms with Crippen LogP contribution in [-0.4, -0.2) is 35.4 Å². The maximum Gasteiger partial charge on any atom is 0.407 e. The molecule has 0 bridgehead atoms. The van der Waals surface area contributed by atoms with E-state index in [-0.39, 0.29) is 30.6 Å². The number of aliphatic carboxylic acids is 1. The van der Waals surface area contributed by atoms with Gasteiger partial charge in [0.1, 0.15) is 18.0 Å². The number of ether oxygens (including phenoxy) is 2. The van der Waals surface area contributed by atoms with Gasteiger partial charge in [0, 0.05) is 18.4 Å². The summed E-state index contributed by atoms with van der Waals surface area (Å²) >= 11 is 0. The van der Waals surface area contributed by atoms with Crippen molar-refractivity contribution in [2.45, 2.75) is 57.6 Å². The lowest BCUT2D eigenvalue weighted by molar-refractivity contribution is -0.137. The van der Waals surface area contributed by atoms with Gasteiger partial charge in [-0.2, -0.15) is 0 Å². The molecule has 6 heteroatoms. The van der Waals surface area contributed by atoms with Crippen molar-refractivity contribution in [3.05, 3.63) is 89.5 Å². The molecule has 0 aliphatic heterocycles. The summed E-state index contributed by atoms with van der Waals surface area (Å²) < 4.78 is 11.5. The van der Waals surface area contributed by atoms with E-state index in [2.05, 4.69) is 29.6 Å². The first-order valence-electron chi connectivity index (χ1n) is 12.3. The number of alkyl carbamates (subject to hydrolysis) is 1. The second-order valence-electron chi connectivity index (χ2n) is 10.2. The minimum atomic E-state index is -0.900. The predicted octanol–water partition coefficient (Wildman–Crippen LogP) is 6.18. The number of carboxylic acid groups (broad SMARTS) is 1. The largest absolute Gasteiger partial charge is 0.488 e. The van der Waals surface area contributed by atoms with Crippen molar-refractivity contribution in [2.24, 2.45) is 0 Å². The van der Waals surface area contributed by atoms with Gasteiger partial charge in [0.05, 0.1) is 0 Å². The highest BCUT2D eigenvalue weighted by molar-refractivity contribution is 5.79. The van der Waals surface area contributed by atoms with Gasteiger partial charge < -0.3 is 19.9 Å². The van der Waals surface area contributed by atoms with Gasteiger partial charge in [-0.15, -0.1) is 0 Å². The van der Waals surface area contributed by atoms with E-state index >= 15 is 0 Å². The van der Waals surface area contributed by atoms with Gasteiger partial charge in [-0.05, 0) is 73.6 Å². The van der Waals surface area contributed by atoms with E-state index in [1.165, 1.54) is 11.1 Å². The lowest BCUT2D eigenvalue weighted by Crippen LogP contribution is -2.37. The number of fused-ring (bicyclic) bond motifs is 3. The van der Waals surface area contributed by atoms with Crippen molar-refractivity contribution in [3.63, 3.8) is 0 Å². The lowest BCUT2D eigenvalue weighted by Gasteiger charge is -2.22. The number of nitrogens with one attached hydrogen (secondary N) is 1. The molecule has 1 aliphatic carbocycles. The van der Waals surface area contributed by atoms with Gasteiger partial charge in [0.25, 0.3) is 0 Å². The number of benzene rings is 3. The van der Waals surface area contributed by atoms with Crippen LogP contribution in [0.5, 0.6) is 5.75 Å². The molecule has 1 amide bonds. The smallest absolute Gasteiger partial charge is 0.407 e. The van der Waals surface area contributed by atoms with Crippen molar-refractivity contribution in [3.8, 4) is 16.9 Å². The molecule has 0 heterocycles. The van der Waals surface area contributed by atoms with Crippen LogP contribution in [0.3, 0.4) is 0 Å². The highest BCUT2D eigenvalue weighted by Crippen LogP contribution is 2.44. The Morgan fingerprint density at radius 2 is 1.50 bits per heavy atom. The van der Waals surface area contributed by atoms with E-state index in [1.54, 1.807) is 0 Å². The molecule has 188 valence electrons. The van der Waals surface area contributed by atoms with Gasteiger partial charge >= 0.3 is 12.1 Å². The zero-order chi connectivity index (χ0) is 25.7. The molecule has 3 aromatic carbocycles. The fraction of sp³-hybridized carbons (Fsp3) is 0.333. The van der Waals surface area contributed by atoms with Crippen LogP contribution >= 0.6 is 0 Å². The number of carbonyl (C=O) groups excluding carboxylic acids is 1. The molecule has 0 fully saturated rings. The van der Waals surface area contributed by atoms with Crippen molar-refractivity contribution in [1.82, 2.24) is 5.32 Å². The molecule has 1 aliphatic rings. The van der Waals surface area contributed by atoms with Gasteiger partial charge in [-0.3, -0.25) is 4.79 Å². The molecule has 4 rings (SSSR count). The number of carboxylic acids is 1. The first-order valence-corrected chi connectivity index (χ1v) is 12.3. The van der Waals surface area contributed by atoms with Gasteiger partial charge in [0.2, 0.25) is 0 Å². The van der Waals surface area contributed by atoms with E-state index in [1.807, 2.05) is 69.3 Å². The van der Waals surface area contributed by atoms with Crippen molar-refractivity contribution in [1.29, 1.82) is 0 Å². The normalized spacial score (nSPS) is 13.4. The van der Waals surface area contributed by atoms with Gasteiger partial charge in [-0.25, -0.2) is 4.79 Å². The van der Waals surface area contributed by atoms with Crippen LogP contribution in [0.25, 0.3) is 11.1 Å². The Bertz CT molecular complexity index is 1170. The Labute approximate surface area is 212 Å². The number of carbonyl (C=O) groups is 2. The number of rotatable bonds is 9. The third-order valence-electron chi connectivity index (χ3n) is 6.20. The predicted molar refractivity (Wildman–Crippen MR) is 139 cm³/mol. The van der Waals surface area contributed by atoms with Crippen LogP contribution < -0.4 is 10.1 Å². The fourth-order valence-corrected chi connectivity index (χ4v) is 4.66. The molecule has 0 spiro atoms. The first kappa shape index (κ1) is 25.3. The molecule has 36 heavy (non-hydrogen) atoms. The van der Waals surface area contributed by atoms with Crippen molar-refractivity contribution in [2.75, 3.05) is 6.61 Å². The standard InChI is InChI=1S/C30H33NO5/c1-30(2,3)36-22-15-12-20(13-16-22)18-21(14-17-28(32)33)31-29(34)35-19-27-25-10-6-4-8-23(25)24-9-5-7-11-26(24)27/h4-13,15-16,21,27H,14,17-19H2,1-3H3,(H,31,34)(H,32,33)/t21-/m1/s1. The summed E-state index contributed by atoms with van der Waals surface area (Å²) in [6.45, 7) is 6.17. The Morgan fingerprint density at radius 3 is 2.06 bits per heavy atom. The molecule has 1 atom stereocenters. The van der Waals surface area contributed by atoms with Crippen LogP contribution in [0.2, 0.25) is 0 Å². The third-order valence-corrected chi connectivity index (χ3v) is 6.20. The molecule has 2 N–H and O–H groups in total. The SMILES string of the molecule is CC(C)(C)Oc1ccc(C[C@@H](CCC(=O)O)NC(=O)OCC2c3ccccc3-c3ccccc32)cc1.